The molecule has 6 N–H and O–H groups in total. The Morgan fingerprint density at radius 2 is 0.831 bits per heavy atom. The lowest BCUT2D eigenvalue weighted by Crippen LogP contribution is -2.64. The van der Waals surface area contributed by atoms with Gasteiger partial charge in [0, 0.05) is 12.8 Å². The van der Waals surface area contributed by atoms with Gasteiger partial charge in [-0.2, -0.15) is 0 Å². The van der Waals surface area contributed by atoms with Crippen LogP contribution >= 0.6 is 7.82 Å². The van der Waals surface area contributed by atoms with E-state index in [1.54, 1.807) is 0 Å². The summed E-state index contributed by atoms with van der Waals surface area (Å²) in [6.45, 7) is 3.29. The minimum absolute atomic E-state index is 0.0917. The first-order chi connectivity index (χ1) is 31.4. The van der Waals surface area contributed by atoms with E-state index >= 15 is 0 Å². The van der Waals surface area contributed by atoms with Gasteiger partial charge in [-0.1, -0.05) is 172 Å². The zero-order valence-electron chi connectivity index (χ0n) is 40.5. The number of ether oxygens (including phenoxy) is 2. The first-order valence-corrected chi connectivity index (χ1v) is 27.3. The molecule has 0 amide bonds. The van der Waals surface area contributed by atoms with Crippen LogP contribution in [0, 0.1) is 0 Å². The number of phosphoric ester groups is 1. The van der Waals surface area contributed by atoms with Crippen molar-refractivity contribution in [2.24, 2.45) is 0 Å². The van der Waals surface area contributed by atoms with Gasteiger partial charge in [-0.25, -0.2) is 4.57 Å². The lowest BCUT2D eigenvalue weighted by atomic mass is 9.85. The molecule has 1 aliphatic carbocycles. The second-order valence-corrected chi connectivity index (χ2v) is 19.4. The molecule has 6 atom stereocenters. The van der Waals surface area contributed by atoms with E-state index in [1.165, 1.54) is 109 Å². The quantitative estimate of drug-likeness (QED) is 0.0146. The van der Waals surface area contributed by atoms with Crippen molar-refractivity contribution in [2.75, 3.05) is 13.2 Å². The van der Waals surface area contributed by atoms with E-state index in [1.807, 2.05) is 0 Å². The van der Waals surface area contributed by atoms with Crippen molar-refractivity contribution >= 4 is 19.8 Å². The van der Waals surface area contributed by atoms with Gasteiger partial charge in [0.2, 0.25) is 0 Å². The van der Waals surface area contributed by atoms with Crippen LogP contribution in [-0.4, -0.2) is 98.3 Å². The third-order valence-corrected chi connectivity index (χ3v) is 12.9. The summed E-state index contributed by atoms with van der Waals surface area (Å²) in [6, 6.07) is 0. The number of esters is 2. The van der Waals surface area contributed by atoms with E-state index in [0.29, 0.717) is 12.8 Å². The summed E-state index contributed by atoms with van der Waals surface area (Å²) in [5, 5.41) is 50.3. The summed E-state index contributed by atoms with van der Waals surface area (Å²) < 4.78 is 33.6. The molecule has 65 heavy (non-hydrogen) atoms. The molecule has 13 nitrogen and oxygen atoms in total. The number of rotatable bonds is 43. The van der Waals surface area contributed by atoms with Crippen molar-refractivity contribution < 1.29 is 63.1 Å². The molecule has 1 saturated carbocycles. The molecule has 1 aliphatic rings. The number of hydrogen-bond donors (Lipinski definition) is 6. The fraction of sp³-hybridized carbons (Fsp3) is 0.843. The number of unbranched alkanes of at least 4 members (excludes halogenated alkanes) is 25. The molecule has 0 aliphatic heterocycles. The van der Waals surface area contributed by atoms with Crippen LogP contribution in [0.3, 0.4) is 0 Å². The van der Waals surface area contributed by atoms with Gasteiger partial charge in [-0.05, 0) is 70.6 Å². The Balaban J connectivity index is 2.40. The first-order valence-electron chi connectivity index (χ1n) is 25.8. The van der Waals surface area contributed by atoms with Crippen LogP contribution in [0.1, 0.15) is 219 Å². The number of aliphatic hydroxyl groups excluding tert-OH is 5. The molecular weight excluding hydrogens is 852 g/mol. The van der Waals surface area contributed by atoms with Crippen LogP contribution in [0.15, 0.2) is 36.5 Å². The van der Waals surface area contributed by atoms with E-state index in [0.717, 1.165) is 70.6 Å². The second kappa shape index (κ2) is 41.1. The van der Waals surface area contributed by atoms with Crippen LogP contribution in [0.25, 0.3) is 0 Å². The van der Waals surface area contributed by atoms with Gasteiger partial charge >= 0.3 is 19.8 Å². The highest BCUT2D eigenvalue weighted by atomic mass is 31.2. The van der Waals surface area contributed by atoms with Crippen molar-refractivity contribution in [1.82, 2.24) is 0 Å². The number of allylic oxidation sites excluding steroid dienone is 6. The summed E-state index contributed by atoms with van der Waals surface area (Å²) in [5.41, 5.74) is 0. The van der Waals surface area contributed by atoms with Crippen LogP contribution in [0.4, 0.5) is 0 Å². The average molecular weight is 945 g/mol. The monoisotopic (exact) mass is 945 g/mol. The largest absolute Gasteiger partial charge is 0.472 e. The van der Waals surface area contributed by atoms with Crippen molar-refractivity contribution in [3.05, 3.63) is 36.5 Å². The molecule has 6 unspecified atom stereocenters. The minimum Gasteiger partial charge on any atom is -0.462 e. The normalized spacial score (nSPS) is 21.7. The zero-order chi connectivity index (χ0) is 47.8. The molecule has 1 fully saturated rings. The maximum atomic E-state index is 12.8. The average Bonchev–Trinajstić information content (AvgIpc) is 3.29. The van der Waals surface area contributed by atoms with Gasteiger partial charge in [0.15, 0.2) is 6.10 Å². The maximum Gasteiger partial charge on any atom is 0.472 e. The molecule has 0 aromatic rings. The molecule has 0 saturated heterocycles. The number of hydrogen-bond acceptors (Lipinski definition) is 12. The molecule has 0 aromatic carbocycles. The van der Waals surface area contributed by atoms with E-state index < -0.39 is 75.7 Å². The smallest absolute Gasteiger partial charge is 0.462 e. The highest BCUT2D eigenvalue weighted by Crippen LogP contribution is 2.47. The maximum absolute atomic E-state index is 12.8. The summed E-state index contributed by atoms with van der Waals surface area (Å²) in [6.07, 6.45) is 34.7. The van der Waals surface area contributed by atoms with E-state index in [9.17, 15) is 44.6 Å². The molecular formula is C51H93O13P. The van der Waals surface area contributed by atoms with Gasteiger partial charge in [0.05, 0.1) is 6.61 Å². The van der Waals surface area contributed by atoms with Gasteiger partial charge in [-0.3, -0.25) is 18.6 Å². The summed E-state index contributed by atoms with van der Waals surface area (Å²) in [7, 11) is -5.12. The Kier molecular flexibility index (Phi) is 38.6. The predicted octanol–water partition coefficient (Wildman–Crippen LogP) is 11.0. The van der Waals surface area contributed by atoms with Crippen molar-refractivity contribution in [1.29, 1.82) is 0 Å². The fourth-order valence-electron chi connectivity index (χ4n) is 7.78. The van der Waals surface area contributed by atoms with Crippen molar-refractivity contribution in [3.63, 3.8) is 0 Å². The first kappa shape index (κ1) is 61.1. The van der Waals surface area contributed by atoms with Gasteiger partial charge < -0.3 is 39.9 Å². The third-order valence-electron chi connectivity index (χ3n) is 12.0. The Bertz CT molecular complexity index is 1280. The van der Waals surface area contributed by atoms with Crippen molar-refractivity contribution in [3.8, 4) is 0 Å². The third kappa shape index (κ3) is 33.3. The molecule has 0 heterocycles. The molecule has 0 aromatic heterocycles. The second-order valence-electron chi connectivity index (χ2n) is 18.0. The van der Waals surface area contributed by atoms with Crippen LogP contribution < -0.4 is 0 Å². The van der Waals surface area contributed by atoms with E-state index in [-0.39, 0.29) is 12.8 Å². The molecule has 380 valence electrons. The Morgan fingerprint density at radius 3 is 1.29 bits per heavy atom. The van der Waals surface area contributed by atoms with E-state index in [4.69, 9.17) is 18.5 Å². The van der Waals surface area contributed by atoms with Crippen molar-refractivity contribution in [2.45, 2.75) is 262 Å². The SMILES string of the molecule is CCCCC/C=C\C/C=C\CCCCCCCCCCCC(=O)OC(COC(=O)CCCCCCCCC/C=C\CCCCCCCC)COP(=O)(O)OC1C(O)C(O)C(O)C(O)C1O. The fourth-order valence-corrected chi connectivity index (χ4v) is 8.76. The topological polar surface area (TPSA) is 210 Å². The van der Waals surface area contributed by atoms with Gasteiger partial charge in [0.1, 0.15) is 43.2 Å². The zero-order valence-corrected chi connectivity index (χ0v) is 41.4. The number of aliphatic hydroxyl groups is 5. The van der Waals surface area contributed by atoms with E-state index in [2.05, 4.69) is 50.3 Å². The predicted molar refractivity (Wildman–Crippen MR) is 258 cm³/mol. The molecule has 0 bridgehead atoms. The number of phosphoric acid groups is 1. The van der Waals surface area contributed by atoms with Crippen LogP contribution in [-0.2, 0) is 32.7 Å². The van der Waals surface area contributed by atoms with Crippen LogP contribution in [0.2, 0.25) is 0 Å². The Morgan fingerprint density at radius 1 is 0.477 bits per heavy atom. The molecule has 14 heteroatoms. The minimum atomic E-state index is -5.12. The lowest BCUT2D eigenvalue weighted by molar-refractivity contribution is -0.220. The number of carbonyl (C=O) groups is 2. The van der Waals surface area contributed by atoms with Gasteiger partial charge in [-0.15, -0.1) is 0 Å². The standard InChI is InChI=1S/C51H93O13P/c1-3-5-7-9-11-13-15-17-19-21-22-24-26-28-30-32-34-36-38-40-45(53)63-43(42-62-65(59,60)64-51-49(57)47(55)46(54)48(56)50(51)58)41-61-44(52)39-37-35-33-31-29-27-25-23-20-18-16-14-12-10-8-6-4-2/h11,13,17-20,43,46-51,54-58H,3-10,12,14-16,21-42H2,1-2H3,(H,59,60)/b13-11-,19-17-,20-18-. The summed E-state index contributed by atoms with van der Waals surface area (Å²) in [4.78, 5) is 35.8. The Labute approximate surface area is 393 Å². The molecule has 0 radical (unpaired) electrons. The number of carbonyl (C=O) groups excluding carboxylic acids is 2. The van der Waals surface area contributed by atoms with Crippen LogP contribution in [0.5, 0.6) is 0 Å². The summed E-state index contributed by atoms with van der Waals surface area (Å²) >= 11 is 0. The van der Waals surface area contributed by atoms with Gasteiger partial charge in [0.25, 0.3) is 0 Å². The Hall–Kier alpha value is -1.93. The highest BCUT2D eigenvalue weighted by Gasteiger charge is 2.51. The summed E-state index contributed by atoms with van der Waals surface area (Å²) in [5.74, 6) is -1.10. The molecule has 1 rings (SSSR count). The highest BCUT2D eigenvalue weighted by molar-refractivity contribution is 7.47. The molecule has 0 spiro atoms. The lowest BCUT2D eigenvalue weighted by Gasteiger charge is -2.41.